The van der Waals surface area contributed by atoms with E-state index < -0.39 is 10.3 Å². The lowest BCUT2D eigenvalue weighted by Crippen LogP contribution is -1.94. The average molecular weight is 196 g/mol. The molecule has 1 aliphatic rings. The van der Waals surface area contributed by atoms with Gasteiger partial charge in [0, 0.05) is 12.0 Å². The van der Waals surface area contributed by atoms with E-state index in [2.05, 4.69) is 0 Å². The third-order valence-electron chi connectivity index (χ3n) is 2.00. The lowest BCUT2D eigenvalue weighted by atomic mass is 10.1. The van der Waals surface area contributed by atoms with Crippen molar-refractivity contribution < 1.29 is 12.8 Å². The highest BCUT2D eigenvalue weighted by molar-refractivity contribution is 7.63. The average Bonchev–Trinajstić information content (AvgIpc) is 2.17. The van der Waals surface area contributed by atoms with Gasteiger partial charge in [0.25, 0.3) is 0 Å². The zero-order valence-electron chi connectivity index (χ0n) is 6.86. The predicted octanol–water partition coefficient (Wildman–Crippen LogP) is 1.65. The molecule has 0 spiro atoms. The molecule has 68 valence electrons. The first-order valence-corrected chi connectivity index (χ1v) is 5.06. The maximum Gasteiger partial charge on any atom is 0.222 e. The van der Waals surface area contributed by atoms with Crippen LogP contribution in [0.15, 0.2) is 22.8 Å². The molecule has 2 rings (SSSR count). The SMILES string of the molecule is O=S(=O)=c1ccoc2c1C=CCC2. The fourth-order valence-corrected chi connectivity index (χ4v) is 1.93. The smallest absolute Gasteiger partial charge is 0.222 e. The Hall–Kier alpha value is -1.29. The van der Waals surface area contributed by atoms with Crippen molar-refractivity contribution in [2.45, 2.75) is 12.8 Å². The first-order chi connectivity index (χ1) is 6.29. The molecule has 1 aromatic rings. The van der Waals surface area contributed by atoms with Crippen LogP contribution in [0.1, 0.15) is 17.7 Å². The first kappa shape index (κ1) is 8.31. The maximum absolute atomic E-state index is 10.8. The summed E-state index contributed by atoms with van der Waals surface area (Å²) in [5.74, 6) is 0.754. The first-order valence-electron chi connectivity index (χ1n) is 3.98. The van der Waals surface area contributed by atoms with Crippen molar-refractivity contribution in [3.05, 3.63) is 34.2 Å². The fraction of sp³-hybridized carbons (Fsp3) is 0.222. The van der Waals surface area contributed by atoms with Gasteiger partial charge in [-0.2, -0.15) is 8.42 Å². The van der Waals surface area contributed by atoms with Crippen LogP contribution in [0.25, 0.3) is 6.08 Å². The second-order valence-electron chi connectivity index (χ2n) is 2.80. The van der Waals surface area contributed by atoms with Crippen molar-refractivity contribution >= 4 is 16.4 Å². The number of rotatable bonds is 0. The molecule has 0 radical (unpaired) electrons. The van der Waals surface area contributed by atoms with Gasteiger partial charge < -0.3 is 4.42 Å². The summed E-state index contributed by atoms with van der Waals surface area (Å²) in [6.45, 7) is 0. The molecule has 1 aromatic heterocycles. The molecule has 0 fully saturated rings. The van der Waals surface area contributed by atoms with Crippen molar-refractivity contribution in [2.24, 2.45) is 0 Å². The molecule has 0 saturated carbocycles. The Bertz CT molecular complexity index is 512. The summed E-state index contributed by atoms with van der Waals surface area (Å²) in [6.07, 6.45) is 6.85. The Labute approximate surface area is 76.9 Å². The van der Waals surface area contributed by atoms with Crippen LogP contribution in [-0.2, 0) is 16.7 Å². The van der Waals surface area contributed by atoms with Crippen LogP contribution in [0.2, 0.25) is 0 Å². The van der Waals surface area contributed by atoms with Gasteiger partial charge in [-0.3, -0.25) is 0 Å². The molecular formula is C9H8O3S. The summed E-state index contributed by atoms with van der Waals surface area (Å²) < 4.78 is 27.1. The van der Waals surface area contributed by atoms with Crippen LogP contribution >= 0.6 is 0 Å². The lowest BCUT2D eigenvalue weighted by Gasteiger charge is -2.06. The fourth-order valence-electron chi connectivity index (χ4n) is 1.40. The maximum atomic E-state index is 10.8. The van der Waals surface area contributed by atoms with Gasteiger partial charge in [-0.1, -0.05) is 12.2 Å². The van der Waals surface area contributed by atoms with Gasteiger partial charge in [-0.15, -0.1) is 0 Å². The third-order valence-corrected chi connectivity index (χ3v) is 2.71. The number of fused-ring (bicyclic) bond motifs is 1. The van der Waals surface area contributed by atoms with E-state index in [1.165, 1.54) is 12.3 Å². The Kier molecular flexibility index (Phi) is 2.06. The number of aryl methyl sites for hydroxylation is 1. The van der Waals surface area contributed by atoms with Gasteiger partial charge in [0.2, 0.25) is 10.3 Å². The van der Waals surface area contributed by atoms with Crippen molar-refractivity contribution in [3.8, 4) is 0 Å². The van der Waals surface area contributed by atoms with Gasteiger partial charge in [0.1, 0.15) is 10.3 Å². The van der Waals surface area contributed by atoms with E-state index in [0.29, 0.717) is 10.1 Å². The minimum Gasteiger partial charge on any atom is -0.469 e. The Morgan fingerprint density at radius 2 is 2.23 bits per heavy atom. The Morgan fingerprint density at radius 1 is 1.38 bits per heavy atom. The lowest BCUT2D eigenvalue weighted by molar-refractivity contribution is 0.488. The molecular weight excluding hydrogens is 188 g/mol. The zero-order chi connectivity index (χ0) is 9.26. The van der Waals surface area contributed by atoms with E-state index in [4.69, 9.17) is 4.42 Å². The van der Waals surface area contributed by atoms with Crippen molar-refractivity contribution in [1.29, 1.82) is 0 Å². The molecule has 0 atom stereocenters. The highest BCUT2D eigenvalue weighted by atomic mass is 32.2. The van der Waals surface area contributed by atoms with Gasteiger partial charge in [-0.05, 0) is 12.5 Å². The van der Waals surface area contributed by atoms with Crippen molar-refractivity contribution in [3.63, 3.8) is 0 Å². The number of hydrogen-bond acceptors (Lipinski definition) is 3. The van der Waals surface area contributed by atoms with E-state index in [1.807, 2.05) is 6.08 Å². The standard InChI is InChI=1S/C9H8O3S/c10-13(11)9-5-6-12-8-4-2-1-3-7(8)9/h1,3,5-6H,2,4H2. The predicted molar refractivity (Wildman–Crippen MR) is 48.2 cm³/mol. The number of hydrogen-bond donors (Lipinski definition) is 0. The summed E-state index contributed by atoms with van der Waals surface area (Å²) >= 11 is 0. The Morgan fingerprint density at radius 3 is 3.00 bits per heavy atom. The normalized spacial score (nSPS) is 13.8. The molecule has 4 heteroatoms. The van der Waals surface area contributed by atoms with Crippen LogP contribution in [0.5, 0.6) is 0 Å². The van der Waals surface area contributed by atoms with E-state index in [0.717, 1.165) is 18.6 Å². The van der Waals surface area contributed by atoms with Crippen LogP contribution in [0.4, 0.5) is 0 Å². The minimum absolute atomic E-state index is 0.317. The van der Waals surface area contributed by atoms with Crippen LogP contribution < -0.4 is 0 Å². The molecule has 0 N–H and O–H groups in total. The summed E-state index contributed by atoms with van der Waals surface area (Å²) in [7, 11) is -2.18. The minimum atomic E-state index is -2.18. The highest BCUT2D eigenvalue weighted by Gasteiger charge is 2.08. The Balaban J connectivity index is 2.92. The van der Waals surface area contributed by atoms with E-state index in [1.54, 1.807) is 6.08 Å². The largest absolute Gasteiger partial charge is 0.469 e. The molecule has 3 nitrogen and oxygen atoms in total. The molecule has 0 saturated heterocycles. The highest BCUT2D eigenvalue weighted by Crippen LogP contribution is 2.19. The zero-order valence-corrected chi connectivity index (χ0v) is 7.67. The van der Waals surface area contributed by atoms with Crippen molar-refractivity contribution in [1.82, 2.24) is 0 Å². The van der Waals surface area contributed by atoms with Crippen LogP contribution in [0.3, 0.4) is 0 Å². The van der Waals surface area contributed by atoms with Crippen LogP contribution in [-0.4, -0.2) is 8.42 Å². The summed E-state index contributed by atoms with van der Waals surface area (Å²) in [5, 5.41) is 0. The molecule has 0 unspecified atom stereocenters. The van der Waals surface area contributed by atoms with Gasteiger partial charge in [0.05, 0.1) is 6.26 Å². The molecule has 0 aromatic carbocycles. The van der Waals surface area contributed by atoms with Crippen LogP contribution in [0, 0.1) is 4.51 Å². The van der Waals surface area contributed by atoms with Gasteiger partial charge >= 0.3 is 0 Å². The summed E-state index contributed by atoms with van der Waals surface area (Å²) in [6, 6.07) is 1.47. The number of allylic oxidation sites excluding steroid dienone is 1. The molecule has 1 heterocycles. The van der Waals surface area contributed by atoms with E-state index >= 15 is 0 Å². The monoisotopic (exact) mass is 196 g/mol. The van der Waals surface area contributed by atoms with E-state index in [9.17, 15) is 8.42 Å². The quantitative estimate of drug-likeness (QED) is 0.593. The molecule has 1 aliphatic carbocycles. The molecule has 0 bridgehead atoms. The third kappa shape index (κ3) is 1.45. The topological polar surface area (TPSA) is 47.3 Å². The van der Waals surface area contributed by atoms with Crippen molar-refractivity contribution in [2.75, 3.05) is 0 Å². The summed E-state index contributed by atoms with van der Waals surface area (Å²) in [5.41, 5.74) is 0.696. The molecule has 13 heavy (non-hydrogen) atoms. The molecule has 0 amide bonds. The second-order valence-corrected chi connectivity index (χ2v) is 3.71. The van der Waals surface area contributed by atoms with Gasteiger partial charge in [-0.25, -0.2) is 0 Å². The second kappa shape index (κ2) is 3.22. The summed E-state index contributed by atoms with van der Waals surface area (Å²) in [4.78, 5) is 0. The van der Waals surface area contributed by atoms with Gasteiger partial charge in [0.15, 0.2) is 0 Å². The van der Waals surface area contributed by atoms with E-state index in [-0.39, 0.29) is 0 Å². The molecule has 0 aliphatic heterocycles.